The molecule has 2 rings (SSSR count). The highest BCUT2D eigenvalue weighted by Crippen LogP contribution is 2.21. The highest BCUT2D eigenvalue weighted by atomic mass is 16.5. The molecule has 4 heteroatoms. The fourth-order valence-electron chi connectivity index (χ4n) is 1.81. The molecule has 1 fully saturated rings. The minimum atomic E-state index is 0.145. The van der Waals surface area contributed by atoms with Gasteiger partial charge in [-0.2, -0.15) is 0 Å². The predicted octanol–water partition coefficient (Wildman–Crippen LogP) is 1.44. The van der Waals surface area contributed by atoms with Gasteiger partial charge in [0, 0.05) is 26.0 Å². The Hall–Kier alpha value is -1.16. The van der Waals surface area contributed by atoms with Crippen LogP contribution in [0.5, 0.6) is 0 Å². The molecule has 1 aliphatic heterocycles. The lowest BCUT2D eigenvalue weighted by atomic mass is 10.1. The molecule has 0 N–H and O–H groups in total. The summed E-state index contributed by atoms with van der Waals surface area (Å²) in [7, 11) is 1.74. The molecule has 0 amide bonds. The maximum absolute atomic E-state index is 5.40. The van der Waals surface area contributed by atoms with E-state index in [1.165, 1.54) is 12.8 Å². The van der Waals surface area contributed by atoms with Crippen LogP contribution >= 0.6 is 0 Å². The third-order valence-electron chi connectivity index (χ3n) is 2.53. The van der Waals surface area contributed by atoms with Gasteiger partial charge in [0.15, 0.2) is 0 Å². The van der Waals surface area contributed by atoms with E-state index < -0.39 is 0 Å². The number of ether oxygens (including phenoxy) is 1. The van der Waals surface area contributed by atoms with Crippen LogP contribution in [0.3, 0.4) is 0 Å². The fourth-order valence-corrected chi connectivity index (χ4v) is 1.81. The molecule has 1 saturated heterocycles. The summed E-state index contributed by atoms with van der Waals surface area (Å²) >= 11 is 0. The van der Waals surface area contributed by atoms with Gasteiger partial charge in [-0.3, -0.25) is 0 Å². The van der Waals surface area contributed by atoms with Crippen LogP contribution in [0.1, 0.15) is 19.3 Å². The number of hydrogen-bond acceptors (Lipinski definition) is 4. The van der Waals surface area contributed by atoms with E-state index in [0.717, 1.165) is 18.9 Å². The maximum Gasteiger partial charge on any atom is 0.227 e. The van der Waals surface area contributed by atoms with Crippen molar-refractivity contribution in [1.82, 2.24) is 9.97 Å². The smallest absolute Gasteiger partial charge is 0.227 e. The van der Waals surface area contributed by atoms with Gasteiger partial charge in [0.1, 0.15) is 6.23 Å². The minimum absolute atomic E-state index is 0.145. The van der Waals surface area contributed by atoms with E-state index in [9.17, 15) is 0 Å². The van der Waals surface area contributed by atoms with Crippen LogP contribution in [-0.4, -0.2) is 29.9 Å². The van der Waals surface area contributed by atoms with Crippen molar-refractivity contribution in [3.8, 4) is 0 Å². The number of aromatic nitrogens is 2. The highest BCUT2D eigenvalue weighted by Gasteiger charge is 2.23. The first kappa shape index (κ1) is 9.40. The average Bonchev–Trinajstić information content (AvgIpc) is 2.30. The van der Waals surface area contributed by atoms with Crippen molar-refractivity contribution in [2.75, 3.05) is 18.6 Å². The quantitative estimate of drug-likeness (QED) is 0.712. The molecule has 1 atom stereocenters. The summed E-state index contributed by atoms with van der Waals surface area (Å²) in [6.07, 6.45) is 7.16. The van der Waals surface area contributed by atoms with Gasteiger partial charge in [-0.15, -0.1) is 0 Å². The first-order valence-electron chi connectivity index (χ1n) is 4.98. The molecule has 0 bridgehead atoms. The molecule has 14 heavy (non-hydrogen) atoms. The van der Waals surface area contributed by atoms with Gasteiger partial charge in [0.05, 0.1) is 0 Å². The lowest BCUT2D eigenvalue weighted by Crippen LogP contribution is -2.41. The van der Waals surface area contributed by atoms with Gasteiger partial charge >= 0.3 is 0 Å². The summed E-state index contributed by atoms with van der Waals surface area (Å²) in [5, 5.41) is 0. The van der Waals surface area contributed by atoms with E-state index in [1.807, 2.05) is 6.07 Å². The standard InChI is InChI=1S/C10H15N3O/c1-14-9-5-2-3-8-13(9)10-11-6-4-7-12-10/h4,6-7,9H,2-3,5,8H2,1H3. The second kappa shape index (κ2) is 4.37. The monoisotopic (exact) mass is 193 g/mol. The Kier molecular flexibility index (Phi) is 2.93. The zero-order chi connectivity index (χ0) is 9.80. The summed E-state index contributed by atoms with van der Waals surface area (Å²) in [6.45, 7) is 0.989. The largest absolute Gasteiger partial charge is 0.362 e. The van der Waals surface area contributed by atoms with Gasteiger partial charge < -0.3 is 9.64 Å². The molecule has 2 heterocycles. The molecule has 0 aromatic carbocycles. The normalized spacial score (nSPS) is 22.4. The number of hydrogen-bond donors (Lipinski definition) is 0. The molecular formula is C10H15N3O. The van der Waals surface area contributed by atoms with Gasteiger partial charge in [-0.05, 0) is 25.3 Å². The predicted molar refractivity (Wildman–Crippen MR) is 54.0 cm³/mol. The summed E-state index contributed by atoms with van der Waals surface area (Å²) in [5.74, 6) is 0.777. The number of methoxy groups -OCH3 is 1. The zero-order valence-electron chi connectivity index (χ0n) is 8.39. The summed E-state index contributed by atoms with van der Waals surface area (Å²) < 4.78 is 5.40. The molecule has 1 unspecified atom stereocenters. The van der Waals surface area contributed by atoms with Gasteiger partial charge in [0.2, 0.25) is 5.95 Å². The first-order chi connectivity index (χ1) is 6.92. The van der Waals surface area contributed by atoms with Gasteiger partial charge in [-0.1, -0.05) is 0 Å². The van der Waals surface area contributed by atoms with Crippen molar-refractivity contribution in [2.45, 2.75) is 25.5 Å². The van der Waals surface area contributed by atoms with E-state index in [1.54, 1.807) is 19.5 Å². The topological polar surface area (TPSA) is 38.2 Å². The SMILES string of the molecule is COC1CCCCN1c1ncccn1. The summed E-state index contributed by atoms with van der Waals surface area (Å²) in [6, 6.07) is 1.83. The number of rotatable bonds is 2. The number of piperidine rings is 1. The Balaban J connectivity index is 2.15. The first-order valence-corrected chi connectivity index (χ1v) is 4.98. The lowest BCUT2D eigenvalue weighted by Gasteiger charge is -2.34. The Morgan fingerprint density at radius 2 is 2.14 bits per heavy atom. The number of nitrogens with zero attached hydrogens (tertiary/aromatic N) is 3. The molecule has 4 nitrogen and oxygen atoms in total. The zero-order valence-corrected chi connectivity index (χ0v) is 8.39. The van der Waals surface area contributed by atoms with E-state index in [0.29, 0.717) is 0 Å². The third kappa shape index (κ3) is 1.85. The van der Waals surface area contributed by atoms with E-state index in [4.69, 9.17) is 4.74 Å². The van der Waals surface area contributed by atoms with Crippen molar-refractivity contribution >= 4 is 5.95 Å². The second-order valence-electron chi connectivity index (χ2n) is 3.43. The Morgan fingerprint density at radius 3 is 2.86 bits per heavy atom. The van der Waals surface area contributed by atoms with Crippen LogP contribution in [0.4, 0.5) is 5.95 Å². The Labute approximate surface area is 83.9 Å². The maximum atomic E-state index is 5.40. The minimum Gasteiger partial charge on any atom is -0.362 e. The fraction of sp³-hybridized carbons (Fsp3) is 0.600. The molecule has 76 valence electrons. The van der Waals surface area contributed by atoms with Crippen LogP contribution in [0.2, 0.25) is 0 Å². The molecule has 0 aliphatic carbocycles. The van der Waals surface area contributed by atoms with Crippen molar-refractivity contribution in [3.05, 3.63) is 18.5 Å². The van der Waals surface area contributed by atoms with Crippen molar-refractivity contribution in [3.63, 3.8) is 0 Å². The molecule has 0 saturated carbocycles. The molecule has 0 radical (unpaired) electrons. The molecular weight excluding hydrogens is 178 g/mol. The van der Waals surface area contributed by atoms with Crippen LogP contribution in [-0.2, 0) is 4.74 Å². The van der Waals surface area contributed by atoms with E-state index in [2.05, 4.69) is 14.9 Å². The summed E-state index contributed by atoms with van der Waals surface area (Å²) in [4.78, 5) is 10.6. The Bertz CT molecular complexity index is 278. The van der Waals surface area contributed by atoms with Crippen LogP contribution in [0.15, 0.2) is 18.5 Å². The molecule has 1 aliphatic rings. The molecule has 0 spiro atoms. The van der Waals surface area contributed by atoms with Crippen LogP contribution in [0.25, 0.3) is 0 Å². The lowest BCUT2D eigenvalue weighted by molar-refractivity contribution is 0.0771. The Morgan fingerprint density at radius 1 is 1.36 bits per heavy atom. The molecule has 1 aromatic rings. The molecule has 1 aromatic heterocycles. The number of anilines is 1. The summed E-state index contributed by atoms with van der Waals surface area (Å²) in [5.41, 5.74) is 0. The van der Waals surface area contributed by atoms with Crippen molar-refractivity contribution in [1.29, 1.82) is 0 Å². The van der Waals surface area contributed by atoms with Gasteiger partial charge in [-0.25, -0.2) is 9.97 Å². The highest BCUT2D eigenvalue weighted by molar-refractivity contribution is 5.29. The van der Waals surface area contributed by atoms with Gasteiger partial charge in [0.25, 0.3) is 0 Å². The van der Waals surface area contributed by atoms with E-state index in [-0.39, 0.29) is 6.23 Å². The van der Waals surface area contributed by atoms with Crippen molar-refractivity contribution < 1.29 is 4.74 Å². The third-order valence-corrected chi connectivity index (χ3v) is 2.53. The van der Waals surface area contributed by atoms with Crippen molar-refractivity contribution in [2.24, 2.45) is 0 Å². The average molecular weight is 193 g/mol. The second-order valence-corrected chi connectivity index (χ2v) is 3.43. The van der Waals surface area contributed by atoms with Crippen LogP contribution < -0.4 is 4.90 Å². The van der Waals surface area contributed by atoms with Crippen LogP contribution in [0, 0.1) is 0 Å². The van der Waals surface area contributed by atoms with E-state index >= 15 is 0 Å².